The predicted octanol–water partition coefficient (Wildman–Crippen LogP) is 3.90. The first kappa shape index (κ1) is 12.9. The van der Waals surface area contributed by atoms with Crippen molar-refractivity contribution in [2.45, 2.75) is 70.5 Å². The molecule has 0 radical (unpaired) electrons. The summed E-state index contributed by atoms with van der Waals surface area (Å²) in [6.45, 7) is 4.76. The summed E-state index contributed by atoms with van der Waals surface area (Å²) >= 11 is 0. The summed E-state index contributed by atoms with van der Waals surface area (Å²) in [5.41, 5.74) is 0.485. The summed E-state index contributed by atoms with van der Waals surface area (Å²) in [7, 11) is 0. The molecule has 114 valence electrons. The molecular weight excluding hydrogens is 260 g/mol. The van der Waals surface area contributed by atoms with Crippen LogP contribution in [0.15, 0.2) is 12.2 Å². The fourth-order valence-corrected chi connectivity index (χ4v) is 7.02. The fourth-order valence-electron chi connectivity index (χ4n) is 7.02. The van der Waals surface area contributed by atoms with Crippen LogP contribution >= 0.6 is 0 Å². The molecule has 0 aromatic heterocycles. The Hall–Kier alpha value is -0.630. The van der Waals surface area contributed by atoms with Gasteiger partial charge in [-0.3, -0.25) is 4.79 Å². The largest absolute Gasteiger partial charge is 0.365 e. The minimum absolute atomic E-state index is 0.00305. The average Bonchev–Trinajstić information content (AvgIpc) is 3.08. The van der Waals surface area contributed by atoms with E-state index in [1.807, 2.05) is 0 Å². The van der Waals surface area contributed by atoms with Crippen LogP contribution in [0.4, 0.5) is 0 Å². The van der Waals surface area contributed by atoms with Crippen LogP contribution in [0.2, 0.25) is 0 Å². The van der Waals surface area contributed by atoms with E-state index in [1.165, 1.54) is 19.3 Å². The highest BCUT2D eigenvalue weighted by Crippen LogP contribution is 2.72. The van der Waals surface area contributed by atoms with Gasteiger partial charge >= 0.3 is 0 Å². The van der Waals surface area contributed by atoms with Crippen molar-refractivity contribution in [2.75, 3.05) is 0 Å². The van der Waals surface area contributed by atoms with Crippen LogP contribution in [0.3, 0.4) is 0 Å². The Morgan fingerprint density at radius 3 is 2.81 bits per heavy atom. The molecule has 0 aromatic rings. The number of allylic oxidation sites excluding steroid dienone is 1. The number of epoxide rings is 1. The number of fused-ring (bicyclic) bond motifs is 4. The van der Waals surface area contributed by atoms with E-state index in [4.69, 9.17) is 4.74 Å². The molecule has 7 atom stereocenters. The molecule has 0 amide bonds. The van der Waals surface area contributed by atoms with Crippen LogP contribution in [-0.2, 0) is 9.53 Å². The summed E-state index contributed by atoms with van der Waals surface area (Å²) < 4.78 is 6.34. The topological polar surface area (TPSA) is 29.6 Å². The zero-order chi connectivity index (χ0) is 14.5. The van der Waals surface area contributed by atoms with Crippen LogP contribution in [0.1, 0.15) is 58.8 Å². The fraction of sp³-hybridized carbons (Fsp3) is 0.842. The SMILES string of the molecule is C[C@]12CC[C@H]3[C@@H](C[C@@H]4O[C@@]45CC=CC[C@]35C)[C@@H]1CCC2=O. The number of ether oxygens (including phenoxy) is 1. The second-order valence-electron chi connectivity index (χ2n) is 8.82. The van der Waals surface area contributed by atoms with Gasteiger partial charge in [0, 0.05) is 17.3 Å². The standard InChI is InChI=1S/C19H26O2/c1-17-10-7-14-12(13(17)5-6-15(17)20)11-16-19(21-16)9-4-3-8-18(14,19)2/h3-4,12-14,16H,5-11H2,1-2H3/t12-,13-,14-,16-,17-,18+,19-/m0/s1. The molecule has 1 heterocycles. The molecule has 2 nitrogen and oxygen atoms in total. The molecule has 5 rings (SSSR count). The molecule has 4 aliphatic carbocycles. The molecule has 1 spiro atoms. The third kappa shape index (κ3) is 1.29. The molecule has 5 aliphatic rings. The van der Waals surface area contributed by atoms with Crippen molar-refractivity contribution in [3.63, 3.8) is 0 Å². The lowest BCUT2D eigenvalue weighted by atomic mass is 9.46. The van der Waals surface area contributed by atoms with Gasteiger partial charge < -0.3 is 4.74 Å². The number of Topliss-reactive ketones (excluding diaryl/α,β-unsaturated/α-hetero) is 1. The van der Waals surface area contributed by atoms with E-state index < -0.39 is 0 Å². The quantitative estimate of drug-likeness (QED) is 0.499. The maximum Gasteiger partial charge on any atom is 0.139 e. The van der Waals surface area contributed by atoms with Gasteiger partial charge in [-0.05, 0) is 56.3 Å². The molecule has 0 N–H and O–H groups in total. The van der Waals surface area contributed by atoms with Gasteiger partial charge in [0.25, 0.3) is 0 Å². The number of ketones is 1. The van der Waals surface area contributed by atoms with E-state index in [0.717, 1.165) is 37.5 Å². The smallest absolute Gasteiger partial charge is 0.139 e. The second-order valence-corrected chi connectivity index (χ2v) is 8.82. The summed E-state index contributed by atoms with van der Waals surface area (Å²) in [5.74, 6) is 2.68. The van der Waals surface area contributed by atoms with Crippen molar-refractivity contribution in [1.29, 1.82) is 0 Å². The van der Waals surface area contributed by atoms with Gasteiger partial charge in [-0.1, -0.05) is 26.0 Å². The number of hydrogen-bond acceptors (Lipinski definition) is 2. The maximum atomic E-state index is 12.4. The minimum atomic E-state index is -0.00305. The monoisotopic (exact) mass is 286 g/mol. The second kappa shape index (κ2) is 3.64. The van der Waals surface area contributed by atoms with E-state index in [-0.39, 0.29) is 11.0 Å². The number of carbonyl (C=O) groups excluding carboxylic acids is 1. The zero-order valence-corrected chi connectivity index (χ0v) is 13.2. The lowest BCUT2D eigenvalue weighted by molar-refractivity contribution is -0.134. The Morgan fingerprint density at radius 1 is 1.14 bits per heavy atom. The van der Waals surface area contributed by atoms with Crippen LogP contribution in [0.5, 0.6) is 0 Å². The first-order valence-electron chi connectivity index (χ1n) is 8.87. The van der Waals surface area contributed by atoms with Crippen molar-refractivity contribution in [2.24, 2.45) is 28.6 Å². The van der Waals surface area contributed by atoms with Crippen LogP contribution < -0.4 is 0 Å². The van der Waals surface area contributed by atoms with Crippen molar-refractivity contribution in [1.82, 2.24) is 0 Å². The van der Waals surface area contributed by atoms with Crippen LogP contribution in [-0.4, -0.2) is 17.5 Å². The lowest BCUT2D eigenvalue weighted by Crippen LogP contribution is -2.56. The van der Waals surface area contributed by atoms with Crippen molar-refractivity contribution in [3.8, 4) is 0 Å². The Labute approximate surface area is 127 Å². The maximum absolute atomic E-state index is 12.4. The normalized spacial score (nSPS) is 60.8. The van der Waals surface area contributed by atoms with Gasteiger partial charge in [0.15, 0.2) is 0 Å². The minimum Gasteiger partial charge on any atom is -0.365 e. The molecule has 3 saturated carbocycles. The third-order valence-corrected chi connectivity index (χ3v) is 8.36. The highest BCUT2D eigenvalue weighted by Gasteiger charge is 2.74. The Balaban J connectivity index is 1.56. The molecule has 4 fully saturated rings. The zero-order valence-electron chi connectivity index (χ0n) is 13.2. The Kier molecular flexibility index (Phi) is 2.23. The molecule has 21 heavy (non-hydrogen) atoms. The van der Waals surface area contributed by atoms with Gasteiger partial charge in [-0.15, -0.1) is 0 Å². The highest BCUT2D eigenvalue weighted by atomic mass is 16.6. The van der Waals surface area contributed by atoms with Gasteiger partial charge in [0.1, 0.15) is 11.4 Å². The van der Waals surface area contributed by atoms with E-state index >= 15 is 0 Å². The number of hydrogen-bond donors (Lipinski definition) is 0. The van der Waals surface area contributed by atoms with Gasteiger partial charge in [-0.25, -0.2) is 0 Å². The van der Waals surface area contributed by atoms with Crippen LogP contribution in [0.25, 0.3) is 0 Å². The molecule has 1 aliphatic heterocycles. The van der Waals surface area contributed by atoms with E-state index in [9.17, 15) is 4.79 Å². The predicted molar refractivity (Wildman–Crippen MR) is 80.8 cm³/mol. The van der Waals surface area contributed by atoms with E-state index in [0.29, 0.717) is 23.2 Å². The first-order valence-corrected chi connectivity index (χ1v) is 8.87. The summed E-state index contributed by atoms with van der Waals surface area (Å²) in [4.78, 5) is 12.4. The molecule has 1 saturated heterocycles. The number of rotatable bonds is 0. The van der Waals surface area contributed by atoms with Crippen molar-refractivity contribution in [3.05, 3.63) is 12.2 Å². The Morgan fingerprint density at radius 2 is 1.95 bits per heavy atom. The van der Waals surface area contributed by atoms with Crippen molar-refractivity contribution >= 4 is 5.78 Å². The van der Waals surface area contributed by atoms with E-state index in [2.05, 4.69) is 26.0 Å². The lowest BCUT2D eigenvalue weighted by Gasteiger charge is -2.56. The first-order chi connectivity index (χ1) is 10.0. The summed E-state index contributed by atoms with van der Waals surface area (Å²) in [5, 5.41) is 0. The van der Waals surface area contributed by atoms with E-state index in [1.54, 1.807) is 0 Å². The number of carbonyl (C=O) groups is 1. The summed E-state index contributed by atoms with van der Waals surface area (Å²) in [6, 6.07) is 0. The third-order valence-electron chi connectivity index (χ3n) is 8.36. The van der Waals surface area contributed by atoms with Crippen LogP contribution in [0, 0.1) is 28.6 Å². The molecule has 0 bridgehead atoms. The van der Waals surface area contributed by atoms with Gasteiger partial charge in [-0.2, -0.15) is 0 Å². The van der Waals surface area contributed by atoms with Crippen molar-refractivity contribution < 1.29 is 9.53 Å². The average molecular weight is 286 g/mol. The Bertz CT molecular complexity index is 552. The molecule has 0 unspecified atom stereocenters. The molecule has 0 aromatic carbocycles. The van der Waals surface area contributed by atoms with Gasteiger partial charge in [0.05, 0.1) is 6.10 Å². The highest BCUT2D eigenvalue weighted by molar-refractivity contribution is 5.87. The van der Waals surface area contributed by atoms with Gasteiger partial charge in [0.2, 0.25) is 0 Å². The summed E-state index contributed by atoms with van der Waals surface area (Å²) in [6.07, 6.45) is 13.1. The molecule has 2 heteroatoms. The molecular formula is C19H26O2.